The lowest BCUT2D eigenvalue weighted by Gasteiger charge is -2.09. The van der Waals surface area contributed by atoms with Gasteiger partial charge in [-0.1, -0.05) is 48.5 Å². The summed E-state index contributed by atoms with van der Waals surface area (Å²) < 4.78 is 0. The van der Waals surface area contributed by atoms with Crippen molar-refractivity contribution in [3.63, 3.8) is 0 Å². The maximum atomic E-state index is 12.8. The fourth-order valence-electron chi connectivity index (χ4n) is 2.80. The van der Waals surface area contributed by atoms with E-state index in [9.17, 15) is 4.79 Å². The predicted molar refractivity (Wildman–Crippen MR) is 106 cm³/mol. The first-order chi connectivity index (χ1) is 13.3. The van der Waals surface area contributed by atoms with Gasteiger partial charge in [-0.3, -0.25) is 9.78 Å². The van der Waals surface area contributed by atoms with E-state index in [-0.39, 0.29) is 5.91 Å². The molecule has 0 unspecified atom stereocenters. The zero-order valence-corrected chi connectivity index (χ0v) is 14.4. The van der Waals surface area contributed by atoms with Gasteiger partial charge in [0.05, 0.1) is 23.0 Å². The molecular weight excluding hydrogens is 336 g/mol. The molecular formula is C22H16N4O. The van der Waals surface area contributed by atoms with Crippen molar-refractivity contribution in [1.82, 2.24) is 15.4 Å². The third kappa shape index (κ3) is 3.72. The van der Waals surface area contributed by atoms with Crippen molar-refractivity contribution < 1.29 is 4.79 Å². The van der Waals surface area contributed by atoms with Gasteiger partial charge in [0, 0.05) is 23.3 Å². The number of rotatable bonds is 4. The summed E-state index contributed by atoms with van der Waals surface area (Å²) in [5.74, 6) is -0.281. The fourth-order valence-corrected chi connectivity index (χ4v) is 2.80. The monoisotopic (exact) mass is 352 g/mol. The molecule has 4 rings (SSSR count). The molecule has 2 aromatic carbocycles. The minimum atomic E-state index is -0.281. The number of hydrogen-bond donors (Lipinski definition) is 1. The molecule has 0 atom stereocenters. The van der Waals surface area contributed by atoms with Crippen molar-refractivity contribution in [2.45, 2.75) is 0 Å². The average molecular weight is 352 g/mol. The first-order valence-electron chi connectivity index (χ1n) is 8.50. The van der Waals surface area contributed by atoms with Crippen LogP contribution >= 0.6 is 0 Å². The Morgan fingerprint density at radius 3 is 2.48 bits per heavy atom. The van der Waals surface area contributed by atoms with Gasteiger partial charge < -0.3 is 0 Å². The third-order valence-electron chi connectivity index (χ3n) is 4.12. The van der Waals surface area contributed by atoms with Gasteiger partial charge >= 0.3 is 0 Å². The number of carbonyl (C=O) groups is 1. The van der Waals surface area contributed by atoms with Gasteiger partial charge in [-0.25, -0.2) is 10.4 Å². The number of fused-ring (bicyclic) bond motifs is 1. The molecule has 0 saturated carbocycles. The number of benzene rings is 2. The number of aromatic nitrogens is 2. The molecule has 27 heavy (non-hydrogen) atoms. The van der Waals surface area contributed by atoms with Crippen molar-refractivity contribution in [2.75, 3.05) is 0 Å². The highest BCUT2D eigenvalue weighted by Crippen LogP contribution is 2.24. The van der Waals surface area contributed by atoms with E-state index < -0.39 is 0 Å². The van der Waals surface area contributed by atoms with Gasteiger partial charge in [0.25, 0.3) is 5.91 Å². The van der Waals surface area contributed by atoms with E-state index in [1.807, 2.05) is 66.7 Å². The van der Waals surface area contributed by atoms with Crippen molar-refractivity contribution >= 4 is 23.0 Å². The lowest BCUT2D eigenvalue weighted by atomic mass is 10.0. The van der Waals surface area contributed by atoms with E-state index in [2.05, 4.69) is 15.5 Å². The Morgan fingerprint density at radius 2 is 1.67 bits per heavy atom. The summed E-state index contributed by atoms with van der Waals surface area (Å²) in [6, 6.07) is 22.8. The van der Waals surface area contributed by atoms with Gasteiger partial charge in [0.1, 0.15) is 0 Å². The molecule has 2 aromatic heterocycles. The number of amides is 1. The number of hydrogen-bond acceptors (Lipinski definition) is 4. The second-order valence-electron chi connectivity index (χ2n) is 5.92. The van der Waals surface area contributed by atoms with E-state index in [1.165, 1.54) is 0 Å². The van der Waals surface area contributed by atoms with E-state index >= 15 is 0 Å². The van der Waals surface area contributed by atoms with Gasteiger partial charge in [-0.15, -0.1) is 0 Å². The maximum absolute atomic E-state index is 12.8. The Morgan fingerprint density at radius 1 is 0.926 bits per heavy atom. The summed E-state index contributed by atoms with van der Waals surface area (Å²) in [6.07, 6.45) is 4.93. The molecule has 0 saturated heterocycles. The SMILES string of the molecule is O=C(N/N=C\c1ccncc1)c1cc(-c2ccccc2)nc2ccccc12. The number of para-hydroxylation sites is 1. The van der Waals surface area contributed by atoms with Crippen LogP contribution in [-0.2, 0) is 0 Å². The van der Waals surface area contributed by atoms with Crippen LogP contribution in [0.25, 0.3) is 22.2 Å². The standard InChI is InChI=1S/C22H16N4O/c27-22(26-24-15-16-10-12-23-13-11-16)19-14-21(17-6-2-1-3-7-17)25-20-9-5-4-8-18(19)20/h1-15H,(H,26,27)/b24-15-. The molecule has 0 aliphatic heterocycles. The Kier molecular flexibility index (Phi) is 4.66. The van der Waals surface area contributed by atoms with Crippen LogP contribution in [0.1, 0.15) is 15.9 Å². The van der Waals surface area contributed by atoms with Crippen molar-refractivity contribution in [3.8, 4) is 11.3 Å². The molecule has 5 nitrogen and oxygen atoms in total. The summed E-state index contributed by atoms with van der Waals surface area (Å²) >= 11 is 0. The number of pyridine rings is 2. The first-order valence-corrected chi connectivity index (χ1v) is 8.50. The van der Waals surface area contributed by atoms with Crippen LogP contribution in [0.3, 0.4) is 0 Å². The van der Waals surface area contributed by atoms with Crippen molar-refractivity contribution in [1.29, 1.82) is 0 Å². The number of nitrogens with zero attached hydrogens (tertiary/aromatic N) is 3. The highest BCUT2D eigenvalue weighted by atomic mass is 16.2. The first kappa shape index (κ1) is 16.6. The van der Waals surface area contributed by atoms with Crippen LogP contribution in [0.5, 0.6) is 0 Å². The number of nitrogens with one attached hydrogen (secondary N) is 1. The second kappa shape index (κ2) is 7.58. The van der Waals surface area contributed by atoms with Crippen molar-refractivity contribution in [2.24, 2.45) is 5.10 Å². The molecule has 1 amide bonds. The van der Waals surface area contributed by atoms with E-state index in [1.54, 1.807) is 24.7 Å². The Balaban J connectivity index is 1.69. The lowest BCUT2D eigenvalue weighted by Crippen LogP contribution is -2.18. The molecule has 5 heteroatoms. The van der Waals surface area contributed by atoms with Crippen LogP contribution in [0.2, 0.25) is 0 Å². The zero-order chi connectivity index (χ0) is 18.5. The Hall–Kier alpha value is -3.86. The summed E-state index contributed by atoms with van der Waals surface area (Å²) in [7, 11) is 0. The molecule has 0 bridgehead atoms. The largest absolute Gasteiger partial charge is 0.272 e. The van der Waals surface area contributed by atoms with Crippen LogP contribution in [0.15, 0.2) is 90.3 Å². The maximum Gasteiger partial charge on any atom is 0.272 e. The topological polar surface area (TPSA) is 67.2 Å². The van der Waals surface area contributed by atoms with Crippen LogP contribution in [0.4, 0.5) is 0 Å². The Bertz CT molecular complexity index is 1110. The van der Waals surface area contributed by atoms with Gasteiger partial charge in [0.15, 0.2) is 0 Å². The minimum Gasteiger partial charge on any atom is -0.267 e. The van der Waals surface area contributed by atoms with E-state index in [4.69, 9.17) is 4.98 Å². The summed E-state index contributed by atoms with van der Waals surface area (Å²) in [5.41, 5.74) is 6.46. The zero-order valence-electron chi connectivity index (χ0n) is 14.4. The molecule has 0 radical (unpaired) electrons. The average Bonchev–Trinajstić information content (AvgIpc) is 2.74. The molecule has 4 aromatic rings. The minimum absolute atomic E-state index is 0.281. The van der Waals surface area contributed by atoms with Gasteiger partial charge in [-0.2, -0.15) is 5.10 Å². The number of hydrazone groups is 1. The molecule has 130 valence electrons. The predicted octanol–water partition coefficient (Wildman–Crippen LogP) is 4.06. The van der Waals surface area contributed by atoms with Crippen LogP contribution in [-0.4, -0.2) is 22.1 Å². The normalized spacial score (nSPS) is 11.0. The number of carbonyl (C=O) groups excluding carboxylic acids is 1. The lowest BCUT2D eigenvalue weighted by molar-refractivity contribution is 0.0957. The summed E-state index contributed by atoms with van der Waals surface area (Å²) in [6.45, 7) is 0. The smallest absolute Gasteiger partial charge is 0.267 e. The fraction of sp³-hybridized carbons (Fsp3) is 0. The molecule has 0 aliphatic rings. The van der Waals surface area contributed by atoms with Gasteiger partial charge in [-0.05, 0) is 29.8 Å². The van der Waals surface area contributed by atoms with Gasteiger partial charge in [0.2, 0.25) is 0 Å². The van der Waals surface area contributed by atoms with E-state index in [0.717, 1.165) is 27.7 Å². The summed E-state index contributed by atoms with van der Waals surface area (Å²) in [5, 5.41) is 4.84. The van der Waals surface area contributed by atoms with E-state index in [0.29, 0.717) is 5.56 Å². The second-order valence-corrected chi connectivity index (χ2v) is 5.92. The summed E-state index contributed by atoms with van der Waals surface area (Å²) in [4.78, 5) is 21.4. The molecule has 0 aliphatic carbocycles. The third-order valence-corrected chi connectivity index (χ3v) is 4.12. The molecule has 0 spiro atoms. The highest BCUT2D eigenvalue weighted by molar-refractivity contribution is 6.07. The van der Waals surface area contributed by atoms with Crippen molar-refractivity contribution in [3.05, 3.63) is 96.3 Å². The van der Waals surface area contributed by atoms with Crippen LogP contribution < -0.4 is 5.43 Å². The Labute approximate surface area is 156 Å². The molecule has 2 heterocycles. The molecule has 1 N–H and O–H groups in total. The molecule has 0 fully saturated rings. The highest BCUT2D eigenvalue weighted by Gasteiger charge is 2.13. The van der Waals surface area contributed by atoms with Crippen LogP contribution in [0, 0.1) is 0 Å². The quantitative estimate of drug-likeness (QED) is 0.445.